The Balaban J connectivity index is 2.27. The van der Waals surface area contributed by atoms with Gasteiger partial charge in [0.05, 0.1) is 0 Å². The van der Waals surface area contributed by atoms with Gasteiger partial charge in [-0.15, -0.1) is 0 Å². The lowest BCUT2D eigenvalue weighted by Crippen LogP contribution is -2.23. The average Bonchev–Trinajstić information content (AvgIpc) is 2.66. The van der Waals surface area contributed by atoms with Crippen molar-refractivity contribution in [2.75, 3.05) is 0 Å². The second-order valence-electron chi connectivity index (χ2n) is 5.57. The zero-order chi connectivity index (χ0) is 11.7. The summed E-state index contributed by atoms with van der Waals surface area (Å²) in [5.41, 5.74) is 4.15. The van der Waals surface area contributed by atoms with Crippen LogP contribution in [0.3, 0.4) is 0 Å². The van der Waals surface area contributed by atoms with Gasteiger partial charge in [0.2, 0.25) is 0 Å². The molecule has 0 aromatic rings. The van der Waals surface area contributed by atoms with E-state index in [4.69, 9.17) is 0 Å². The summed E-state index contributed by atoms with van der Waals surface area (Å²) in [6.07, 6.45) is 8.33. The molecule has 0 N–H and O–H groups in total. The first-order valence-electron chi connectivity index (χ1n) is 6.46. The fourth-order valence-corrected chi connectivity index (χ4v) is 3.50. The maximum absolute atomic E-state index is 10.7. The molecule has 1 heteroatoms. The minimum Gasteiger partial charge on any atom is -0.298 e. The standard InChI is InChI=1S/C15H22O/c1-10(9-16)8-13-6-4-11(2)14-7-5-12(3)15(13)14/h8-9,11,13-14H,4-7H2,1-3H3/b10-8+/t11?,13-,14+/m0/s1. The molecular weight excluding hydrogens is 196 g/mol. The van der Waals surface area contributed by atoms with Crippen LogP contribution >= 0.6 is 0 Å². The minimum absolute atomic E-state index is 0.550. The number of fused-ring (bicyclic) bond motifs is 1. The normalized spacial score (nSPS) is 35.2. The Morgan fingerprint density at radius 1 is 1.31 bits per heavy atom. The Hall–Kier alpha value is -0.850. The molecule has 0 heterocycles. The Labute approximate surface area is 98.6 Å². The molecule has 0 radical (unpaired) electrons. The highest BCUT2D eigenvalue weighted by Gasteiger charge is 2.35. The van der Waals surface area contributed by atoms with Crippen LogP contribution in [0.15, 0.2) is 22.8 Å². The van der Waals surface area contributed by atoms with Crippen molar-refractivity contribution in [3.05, 3.63) is 22.8 Å². The molecule has 88 valence electrons. The summed E-state index contributed by atoms with van der Waals surface area (Å²) >= 11 is 0. The smallest absolute Gasteiger partial charge is 0.145 e. The summed E-state index contributed by atoms with van der Waals surface area (Å²) in [4.78, 5) is 10.7. The fraction of sp³-hybridized carbons (Fsp3) is 0.667. The van der Waals surface area contributed by atoms with E-state index in [-0.39, 0.29) is 0 Å². The van der Waals surface area contributed by atoms with Gasteiger partial charge < -0.3 is 0 Å². The molecule has 2 rings (SSSR count). The predicted molar refractivity (Wildman–Crippen MR) is 67.1 cm³/mol. The summed E-state index contributed by atoms with van der Waals surface area (Å²) in [6.45, 7) is 6.59. The molecule has 1 fully saturated rings. The van der Waals surface area contributed by atoms with Gasteiger partial charge in [-0.3, -0.25) is 4.79 Å². The van der Waals surface area contributed by atoms with Gasteiger partial charge in [-0.25, -0.2) is 0 Å². The van der Waals surface area contributed by atoms with Crippen LogP contribution in [-0.4, -0.2) is 6.29 Å². The number of allylic oxidation sites excluding steroid dienone is 4. The van der Waals surface area contributed by atoms with E-state index < -0.39 is 0 Å². The summed E-state index contributed by atoms with van der Waals surface area (Å²) in [6, 6.07) is 0. The molecule has 0 aromatic carbocycles. The lowest BCUT2D eigenvalue weighted by atomic mass is 9.71. The van der Waals surface area contributed by atoms with Crippen molar-refractivity contribution in [3.8, 4) is 0 Å². The molecule has 3 atom stereocenters. The lowest BCUT2D eigenvalue weighted by Gasteiger charge is -2.34. The predicted octanol–water partition coefficient (Wildman–Crippen LogP) is 3.90. The van der Waals surface area contributed by atoms with Gasteiger partial charge in [0.25, 0.3) is 0 Å². The third-order valence-electron chi connectivity index (χ3n) is 4.39. The quantitative estimate of drug-likeness (QED) is 0.390. The summed E-state index contributed by atoms with van der Waals surface area (Å²) in [5, 5.41) is 0. The van der Waals surface area contributed by atoms with Crippen LogP contribution in [0.4, 0.5) is 0 Å². The van der Waals surface area contributed by atoms with Crippen LogP contribution < -0.4 is 0 Å². The van der Waals surface area contributed by atoms with Gasteiger partial charge in [-0.2, -0.15) is 0 Å². The molecular formula is C15H22O. The van der Waals surface area contributed by atoms with E-state index in [1.807, 2.05) is 6.92 Å². The second kappa shape index (κ2) is 4.57. The maximum Gasteiger partial charge on any atom is 0.145 e. The first-order valence-corrected chi connectivity index (χ1v) is 6.46. The van der Waals surface area contributed by atoms with Gasteiger partial charge in [0.15, 0.2) is 0 Å². The minimum atomic E-state index is 0.550. The van der Waals surface area contributed by atoms with Crippen molar-refractivity contribution >= 4 is 6.29 Å². The maximum atomic E-state index is 10.7. The number of carbonyl (C=O) groups excluding carboxylic acids is 1. The summed E-state index contributed by atoms with van der Waals surface area (Å²) in [7, 11) is 0. The molecule has 0 aliphatic heterocycles. The van der Waals surface area contributed by atoms with Crippen molar-refractivity contribution in [2.45, 2.75) is 46.5 Å². The van der Waals surface area contributed by atoms with Crippen LogP contribution in [0.5, 0.6) is 0 Å². The van der Waals surface area contributed by atoms with Crippen LogP contribution in [0, 0.1) is 17.8 Å². The van der Waals surface area contributed by atoms with Gasteiger partial charge in [0.1, 0.15) is 6.29 Å². The first-order chi connectivity index (χ1) is 7.63. The SMILES string of the molecule is CC1=C2[C@H](/C=C(\C)C=O)CCC(C)[C@H]2CC1. The molecule has 1 unspecified atom stereocenters. The Kier molecular flexibility index (Phi) is 3.32. The average molecular weight is 218 g/mol. The van der Waals surface area contributed by atoms with Crippen molar-refractivity contribution in [1.29, 1.82) is 0 Å². The van der Waals surface area contributed by atoms with Gasteiger partial charge in [-0.05, 0) is 62.9 Å². The van der Waals surface area contributed by atoms with Crippen LogP contribution in [-0.2, 0) is 4.79 Å². The van der Waals surface area contributed by atoms with Crippen LogP contribution in [0.25, 0.3) is 0 Å². The van der Waals surface area contributed by atoms with E-state index in [1.54, 1.807) is 11.1 Å². The third-order valence-corrected chi connectivity index (χ3v) is 4.39. The van der Waals surface area contributed by atoms with E-state index in [0.29, 0.717) is 5.92 Å². The largest absolute Gasteiger partial charge is 0.298 e. The molecule has 16 heavy (non-hydrogen) atoms. The molecule has 2 aliphatic rings. The lowest BCUT2D eigenvalue weighted by molar-refractivity contribution is -0.104. The van der Waals surface area contributed by atoms with E-state index in [2.05, 4.69) is 19.9 Å². The number of carbonyl (C=O) groups is 1. The van der Waals surface area contributed by atoms with Gasteiger partial charge >= 0.3 is 0 Å². The zero-order valence-corrected chi connectivity index (χ0v) is 10.6. The van der Waals surface area contributed by atoms with E-state index in [0.717, 1.165) is 23.7 Å². The fourth-order valence-electron chi connectivity index (χ4n) is 3.50. The van der Waals surface area contributed by atoms with Gasteiger partial charge in [0, 0.05) is 0 Å². The molecule has 0 bridgehead atoms. The van der Waals surface area contributed by atoms with Crippen LogP contribution in [0.2, 0.25) is 0 Å². The van der Waals surface area contributed by atoms with Crippen molar-refractivity contribution in [3.63, 3.8) is 0 Å². The van der Waals surface area contributed by atoms with Crippen molar-refractivity contribution in [1.82, 2.24) is 0 Å². The number of rotatable bonds is 2. The molecule has 0 spiro atoms. The topological polar surface area (TPSA) is 17.1 Å². The molecule has 1 saturated carbocycles. The zero-order valence-electron chi connectivity index (χ0n) is 10.6. The Morgan fingerprint density at radius 2 is 2.06 bits per heavy atom. The molecule has 2 aliphatic carbocycles. The molecule has 0 amide bonds. The van der Waals surface area contributed by atoms with Gasteiger partial charge in [-0.1, -0.05) is 24.1 Å². The summed E-state index contributed by atoms with van der Waals surface area (Å²) in [5.74, 6) is 2.19. The molecule has 0 aromatic heterocycles. The van der Waals surface area contributed by atoms with Crippen molar-refractivity contribution in [2.24, 2.45) is 17.8 Å². The van der Waals surface area contributed by atoms with E-state index in [1.165, 1.54) is 25.7 Å². The van der Waals surface area contributed by atoms with E-state index in [9.17, 15) is 4.79 Å². The van der Waals surface area contributed by atoms with Crippen LogP contribution in [0.1, 0.15) is 46.5 Å². The molecule has 1 nitrogen and oxygen atoms in total. The summed E-state index contributed by atoms with van der Waals surface area (Å²) < 4.78 is 0. The third kappa shape index (κ3) is 2.00. The monoisotopic (exact) mass is 218 g/mol. The van der Waals surface area contributed by atoms with Crippen molar-refractivity contribution < 1.29 is 4.79 Å². The highest BCUT2D eigenvalue weighted by atomic mass is 16.1. The Bertz CT molecular complexity index is 348. The number of hydrogen-bond acceptors (Lipinski definition) is 1. The second-order valence-corrected chi connectivity index (χ2v) is 5.57. The number of aldehydes is 1. The highest BCUT2D eigenvalue weighted by Crippen LogP contribution is 2.48. The van der Waals surface area contributed by atoms with E-state index >= 15 is 0 Å². The Morgan fingerprint density at radius 3 is 2.75 bits per heavy atom. The number of hydrogen-bond donors (Lipinski definition) is 0. The first kappa shape index (κ1) is 11.6. The highest BCUT2D eigenvalue weighted by molar-refractivity contribution is 5.72. The molecule has 0 saturated heterocycles.